The second-order valence-electron chi connectivity index (χ2n) is 6.34. The minimum absolute atomic E-state index is 0.371. The maximum absolute atomic E-state index is 4.54. The van der Waals surface area contributed by atoms with Crippen LogP contribution >= 0.6 is 23.1 Å². The van der Waals surface area contributed by atoms with Gasteiger partial charge in [0.15, 0.2) is 0 Å². The third-order valence-corrected chi connectivity index (χ3v) is 6.09. The number of nitrogens with zero attached hydrogens (tertiary/aromatic N) is 1. The molecule has 0 radical (unpaired) electrons. The summed E-state index contributed by atoms with van der Waals surface area (Å²) >= 11 is 3.76. The Morgan fingerprint density at radius 3 is 2.62 bits per heavy atom. The number of anilines is 1. The Hall–Kier alpha value is -1.00. The van der Waals surface area contributed by atoms with Gasteiger partial charge in [-0.15, -0.1) is 11.3 Å². The van der Waals surface area contributed by atoms with Gasteiger partial charge in [0.2, 0.25) is 0 Å². The summed E-state index contributed by atoms with van der Waals surface area (Å²) in [6.45, 7) is 6.79. The minimum atomic E-state index is 0.371. The predicted octanol–water partition coefficient (Wildman–Crippen LogP) is 5.06. The van der Waals surface area contributed by atoms with Crippen LogP contribution in [0.3, 0.4) is 0 Å². The first-order chi connectivity index (χ1) is 10.0. The molecule has 2 nitrogen and oxygen atoms in total. The van der Waals surface area contributed by atoms with Gasteiger partial charge in [0.25, 0.3) is 0 Å². The fourth-order valence-corrected chi connectivity index (χ4v) is 4.84. The van der Waals surface area contributed by atoms with E-state index in [-0.39, 0.29) is 0 Å². The van der Waals surface area contributed by atoms with Crippen molar-refractivity contribution in [2.24, 2.45) is 5.41 Å². The molecule has 0 bridgehead atoms. The molecule has 2 aromatic rings. The predicted molar refractivity (Wildman–Crippen MR) is 95.4 cm³/mol. The van der Waals surface area contributed by atoms with Crippen molar-refractivity contribution in [2.45, 2.75) is 33.2 Å². The third-order valence-electron chi connectivity index (χ3n) is 4.26. The summed E-state index contributed by atoms with van der Waals surface area (Å²) in [5.41, 5.74) is 3.86. The van der Waals surface area contributed by atoms with E-state index >= 15 is 0 Å². The molecular formula is C17H22N2S2. The van der Waals surface area contributed by atoms with Crippen LogP contribution in [0.5, 0.6) is 0 Å². The van der Waals surface area contributed by atoms with Gasteiger partial charge in [0, 0.05) is 28.4 Å². The second kappa shape index (κ2) is 6.01. The van der Waals surface area contributed by atoms with Crippen LogP contribution in [-0.4, -0.2) is 22.5 Å². The van der Waals surface area contributed by atoms with Crippen molar-refractivity contribution in [1.82, 2.24) is 4.98 Å². The molecule has 4 heteroatoms. The lowest BCUT2D eigenvalue weighted by atomic mass is 9.82. The van der Waals surface area contributed by atoms with Crippen LogP contribution in [0.25, 0.3) is 11.3 Å². The van der Waals surface area contributed by atoms with Crippen molar-refractivity contribution in [1.29, 1.82) is 0 Å². The van der Waals surface area contributed by atoms with Gasteiger partial charge in [-0.3, -0.25) is 0 Å². The van der Waals surface area contributed by atoms with E-state index in [1.54, 1.807) is 11.3 Å². The lowest BCUT2D eigenvalue weighted by Gasteiger charge is -2.39. The lowest BCUT2D eigenvalue weighted by Crippen LogP contribution is -2.41. The van der Waals surface area contributed by atoms with E-state index in [0.29, 0.717) is 11.5 Å². The molecule has 1 aromatic carbocycles. The summed E-state index contributed by atoms with van der Waals surface area (Å²) in [6.07, 6.45) is 1.28. The Balaban J connectivity index is 1.72. The molecule has 21 heavy (non-hydrogen) atoms. The van der Waals surface area contributed by atoms with E-state index in [1.165, 1.54) is 29.2 Å². The number of thioether (sulfide) groups is 1. The molecule has 1 saturated heterocycles. The van der Waals surface area contributed by atoms with Crippen molar-refractivity contribution < 1.29 is 0 Å². The van der Waals surface area contributed by atoms with Crippen LogP contribution < -0.4 is 5.32 Å². The van der Waals surface area contributed by atoms with Gasteiger partial charge in [-0.25, -0.2) is 4.98 Å². The molecule has 0 aliphatic carbocycles. The van der Waals surface area contributed by atoms with E-state index < -0.39 is 0 Å². The fraction of sp³-hybridized carbons (Fsp3) is 0.471. The van der Waals surface area contributed by atoms with Crippen LogP contribution in [0.2, 0.25) is 0 Å². The number of hydrogen-bond donors (Lipinski definition) is 1. The SMILES string of the molecule is Cc1nc(-c2ccc(NC3CSCCC3(C)C)cc2)cs1. The van der Waals surface area contributed by atoms with Crippen LogP contribution in [-0.2, 0) is 0 Å². The minimum Gasteiger partial charge on any atom is -0.381 e. The molecule has 1 N–H and O–H groups in total. The van der Waals surface area contributed by atoms with E-state index in [9.17, 15) is 0 Å². The van der Waals surface area contributed by atoms with E-state index in [4.69, 9.17) is 0 Å². The molecule has 3 rings (SSSR count). The topological polar surface area (TPSA) is 24.9 Å². The van der Waals surface area contributed by atoms with Crippen molar-refractivity contribution in [2.75, 3.05) is 16.8 Å². The molecule has 1 unspecified atom stereocenters. The molecule has 1 aromatic heterocycles. The zero-order valence-electron chi connectivity index (χ0n) is 12.8. The monoisotopic (exact) mass is 318 g/mol. The van der Waals surface area contributed by atoms with Crippen LogP contribution in [0.1, 0.15) is 25.3 Å². The molecule has 0 amide bonds. The summed E-state index contributed by atoms with van der Waals surface area (Å²) in [6, 6.07) is 9.24. The summed E-state index contributed by atoms with van der Waals surface area (Å²) < 4.78 is 0. The number of aromatic nitrogens is 1. The third kappa shape index (κ3) is 3.43. The highest BCUT2D eigenvalue weighted by atomic mass is 32.2. The van der Waals surface area contributed by atoms with Crippen LogP contribution in [0.4, 0.5) is 5.69 Å². The molecule has 2 heterocycles. The fourth-order valence-electron chi connectivity index (χ4n) is 2.61. The van der Waals surface area contributed by atoms with Crippen molar-refractivity contribution in [3.8, 4) is 11.3 Å². The molecular weight excluding hydrogens is 296 g/mol. The largest absolute Gasteiger partial charge is 0.381 e. The lowest BCUT2D eigenvalue weighted by molar-refractivity contribution is 0.305. The highest BCUT2D eigenvalue weighted by molar-refractivity contribution is 7.99. The van der Waals surface area contributed by atoms with Crippen molar-refractivity contribution in [3.05, 3.63) is 34.7 Å². The molecule has 0 spiro atoms. The Morgan fingerprint density at radius 1 is 1.24 bits per heavy atom. The highest BCUT2D eigenvalue weighted by Gasteiger charge is 2.32. The Kier molecular flexibility index (Phi) is 4.27. The van der Waals surface area contributed by atoms with Gasteiger partial charge in [-0.05, 0) is 36.6 Å². The zero-order valence-corrected chi connectivity index (χ0v) is 14.5. The first-order valence-corrected chi connectivity index (χ1v) is 9.45. The number of hydrogen-bond acceptors (Lipinski definition) is 4. The molecule has 1 aliphatic rings. The highest BCUT2D eigenvalue weighted by Crippen LogP contribution is 2.36. The maximum atomic E-state index is 4.54. The molecule has 1 aliphatic heterocycles. The van der Waals surface area contributed by atoms with Gasteiger partial charge < -0.3 is 5.32 Å². The van der Waals surface area contributed by atoms with E-state index in [2.05, 4.69) is 65.6 Å². The number of thiazole rings is 1. The molecule has 1 atom stereocenters. The van der Waals surface area contributed by atoms with Gasteiger partial charge in [-0.1, -0.05) is 26.0 Å². The summed E-state index contributed by atoms with van der Waals surface area (Å²) in [5, 5.41) is 6.96. The number of nitrogens with one attached hydrogen (secondary N) is 1. The van der Waals surface area contributed by atoms with Gasteiger partial charge in [-0.2, -0.15) is 11.8 Å². The Morgan fingerprint density at radius 2 is 2.00 bits per heavy atom. The van der Waals surface area contributed by atoms with E-state index in [1.807, 2.05) is 6.92 Å². The number of benzene rings is 1. The number of rotatable bonds is 3. The average molecular weight is 319 g/mol. The molecule has 1 fully saturated rings. The van der Waals surface area contributed by atoms with Crippen molar-refractivity contribution in [3.63, 3.8) is 0 Å². The number of aryl methyl sites for hydroxylation is 1. The van der Waals surface area contributed by atoms with Gasteiger partial charge in [0.05, 0.1) is 10.7 Å². The van der Waals surface area contributed by atoms with E-state index in [0.717, 1.165) is 10.7 Å². The van der Waals surface area contributed by atoms with Gasteiger partial charge in [0.1, 0.15) is 0 Å². The quantitative estimate of drug-likeness (QED) is 0.856. The first-order valence-electron chi connectivity index (χ1n) is 7.41. The second-order valence-corrected chi connectivity index (χ2v) is 8.55. The van der Waals surface area contributed by atoms with Crippen LogP contribution in [0.15, 0.2) is 29.6 Å². The van der Waals surface area contributed by atoms with Crippen molar-refractivity contribution >= 4 is 28.8 Å². The van der Waals surface area contributed by atoms with Gasteiger partial charge >= 0.3 is 0 Å². The summed E-state index contributed by atoms with van der Waals surface area (Å²) in [4.78, 5) is 4.54. The average Bonchev–Trinajstić information content (AvgIpc) is 2.89. The van der Waals surface area contributed by atoms with Crippen LogP contribution in [0, 0.1) is 12.3 Å². The summed E-state index contributed by atoms with van der Waals surface area (Å²) in [7, 11) is 0. The zero-order chi connectivity index (χ0) is 14.9. The Labute approximate surface area is 135 Å². The Bertz CT molecular complexity index is 602. The smallest absolute Gasteiger partial charge is 0.0901 e. The standard InChI is InChI=1S/C17H22N2S2/c1-12-18-15(10-21-12)13-4-6-14(7-5-13)19-16-11-20-9-8-17(16,2)3/h4-7,10,16,19H,8-9,11H2,1-3H3. The normalized spacial score (nSPS) is 21.2. The maximum Gasteiger partial charge on any atom is 0.0901 e. The molecule has 112 valence electrons. The first kappa shape index (κ1) is 14.9. The molecule has 0 saturated carbocycles. The summed E-state index contributed by atoms with van der Waals surface area (Å²) in [5.74, 6) is 2.48.